The molecule has 36 heteroatoms. The van der Waals surface area contributed by atoms with Gasteiger partial charge < -0.3 is 59.1 Å². The second kappa shape index (κ2) is 73.6. The van der Waals surface area contributed by atoms with Crippen LogP contribution in [0.3, 0.4) is 0 Å². The molecule has 5 atom stereocenters. The Kier molecular flexibility index (Phi) is 89.4. The Morgan fingerprint density at radius 2 is 0.909 bits per heavy atom. The van der Waals surface area contributed by atoms with Crippen molar-refractivity contribution < 1.29 is 153 Å². The van der Waals surface area contributed by atoms with Gasteiger partial charge in [-0.1, -0.05) is 39.8 Å². The zero-order chi connectivity index (χ0) is 52.8. The van der Waals surface area contributed by atoms with Crippen molar-refractivity contribution in [2.75, 3.05) is 66.6 Å². The van der Waals surface area contributed by atoms with E-state index in [1.54, 1.807) is 16.3 Å². The van der Waals surface area contributed by atoms with E-state index in [9.17, 15) is 20.4 Å². The lowest BCUT2D eigenvalue weighted by molar-refractivity contribution is -0.465. The summed E-state index contributed by atoms with van der Waals surface area (Å²) in [5, 5.41) is 173. The molecule has 0 aromatic carbocycles. The Morgan fingerprint density at radius 3 is 1.35 bits per heavy atom. The third-order valence-electron chi connectivity index (χ3n) is 6.77. The van der Waals surface area contributed by atoms with Crippen LogP contribution in [0.4, 0.5) is 0 Å². The van der Waals surface area contributed by atoms with Gasteiger partial charge in [0.15, 0.2) is 6.29 Å². The van der Waals surface area contributed by atoms with Crippen LogP contribution in [0.2, 0.25) is 0 Å². The van der Waals surface area contributed by atoms with E-state index < -0.39 is 37.3 Å². The summed E-state index contributed by atoms with van der Waals surface area (Å²) in [6.45, 7) is 9.08. The molecule has 0 spiro atoms. The number of ether oxygens (including phenoxy) is 6. The average molecular weight is 999 g/mol. The number of aliphatic hydroxyl groups excluding tert-OH is 6. The van der Waals surface area contributed by atoms with E-state index in [-0.39, 0.29) is 6.61 Å². The fraction of sp³-hybridized carbons (Fsp3) is 0.867. The van der Waals surface area contributed by atoms with Gasteiger partial charge in [-0.3, -0.25) is 67.8 Å². The molecule has 3 unspecified atom stereocenters. The summed E-state index contributed by atoms with van der Waals surface area (Å²) >= 11 is 0. The van der Waals surface area contributed by atoms with Gasteiger partial charge in [-0.05, 0) is 26.7 Å². The summed E-state index contributed by atoms with van der Waals surface area (Å²) in [6.07, 6.45) is 2.14. The Morgan fingerprint density at radius 1 is 0.530 bits per heavy atom. The molecule has 2 aromatic heterocycles. The first-order valence-corrected chi connectivity index (χ1v) is 18.4. The van der Waals surface area contributed by atoms with Crippen LogP contribution in [0.5, 0.6) is 0 Å². The summed E-state index contributed by atoms with van der Waals surface area (Å²) in [5.41, 5.74) is 1.57. The molecule has 36 nitrogen and oxygen atoms in total. The first-order valence-electron chi connectivity index (χ1n) is 18.4. The zero-order valence-electron chi connectivity index (χ0n) is 36.6. The van der Waals surface area contributed by atoms with Crippen molar-refractivity contribution >= 4 is 0 Å². The third-order valence-corrected chi connectivity index (χ3v) is 6.77. The van der Waals surface area contributed by atoms with E-state index in [2.05, 4.69) is 30.7 Å². The van der Waals surface area contributed by atoms with Crippen LogP contribution in [0, 0.1) is 0 Å². The Labute approximate surface area is 376 Å². The molecule has 22 N–H and O–H groups in total. The summed E-state index contributed by atoms with van der Waals surface area (Å²) in [5.74, 6) is 0. The van der Waals surface area contributed by atoms with Crippen LogP contribution in [0.1, 0.15) is 57.3 Å². The standard InChI is InChI=1S/C27H48N6O10.C2H6O.CH4O.2H2O3.6H2O2/c1-2-32-16-21(28-30-32)20-41-15-14-39-13-12-38-11-8-33-17-22(29-31-33)19-40-9-6-4-3-5-7-10-42-27-26(37)25(36)24(35)23(18-34)43-27;1-2-3;1-2;2*1-3-2;6*1-2/h16-17,23-27,34-37H,2-15,18-20H2,1H3;3H,2H2,1H3;2H,1H3;2*1-2H;6*1-2H/t23-,24?,25?,26?,27-;;;;;;;;;;/m0........../s1. The van der Waals surface area contributed by atoms with Crippen LogP contribution in [0.25, 0.3) is 0 Å². The molecule has 0 radical (unpaired) electrons. The normalized spacial score (nSPS) is 16.0. The molecule has 2 aromatic rings. The average Bonchev–Trinajstić information content (AvgIpc) is 4.04. The Hall–Kier alpha value is -2.92. The Balaban J connectivity index is -0.000000209. The molecule has 66 heavy (non-hydrogen) atoms. The van der Waals surface area contributed by atoms with E-state index in [1.807, 2.05) is 19.3 Å². The fourth-order valence-electron chi connectivity index (χ4n) is 4.27. The van der Waals surface area contributed by atoms with Crippen LogP contribution >= 0.6 is 0 Å². The number of aromatic nitrogens is 6. The molecule has 1 fully saturated rings. The number of hydrogen-bond donors (Lipinski definition) is 22. The molecule has 1 saturated heterocycles. The van der Waals surface area contributed by atoms with Crippen LogP contribution in [0.15, 0.2) is 12.4 Å². The minimum atomic E-state index is -1.42. The van der Waals surface area contributed by atoms with Crippen LogP contribution in [-0.2, 0) is 64.8 Å². The van der Waals surface area contributed by atoms with Crippen LogP contribution < -0.4 is 0 Å². The molecule has 0 bridgehead atoms. The van der Waals surface area contributed by atoms with E-state index in [0.29, 0.717) is 66.0 Å². The maximum Gasteiger partial charge on any atom is 0.186 e. The van der Waals surface area contributed by atoms with Gasteiger partial charge in [0.25, 0.3) is 0 Å². The van der Waals surface area contributed by atoms with Crippen molar-refractivity contribution in [3.63, 3.8) is 0 Å². The van der Waals surface area contributed by atoms with E-state index in [0.717, 1.165) is 57.1 Å². The molecule has 3 heterocycles. The van der Waals surface area contributed by atoms with Gasteiger partial charge in [0.1, 0.15) is 35.8 Å². The lowest BCUT2D eigenvalue weighted by Gasteiger charge is -2.39. The number of unbranched alkanes of at least 4 members (excludes halogenated alkanes) is 4. The van der Waals surface area contributed by atoms with Gasteiger partial charge in [-0.25, -0.2) is 25.7 Å². The number of aryl methyl sites for hydroxylation is 1. The highest BCUT2D eigenvalue weighted by molar-refractivity contribution is 4.90. The van der Waals surface area contributed by atoms with Crippen molar-refractivity contribution in [3.05, 3.63) is 23.8 Å². The minimum Gasteiger partial charge on any atom is -0.400 e. The second-order valence-corrected chi connectivity index (χ2v) is 10.7. The molecule has 3 rings (SSSR count). The molecule has 404 valence electrons. The monoisotopic (exact) mass is 998 g/mol. The summed E-state index contributed by atoms with van der Waals surface area (Å²) < 4.78 is 36.6. The maximum absolute atomic E-state index is 9.97. The molecular formula is C30H74N6O30. The highest BCUT2D eigenvalue weighted by Crippen LogP contribution is 2.22. The van der Waals surface area contributed by atoms with Crippen molar-refractivity contribution in [2.45, 2.75) is 103 Å². The molecule has 0 aliphatic carbocycles. The predicted molar refractivity (Wildman–Crippen MR) is 215 cm³/mol. The van der Waals surface area contributed by atoms with Crippen molar-refractivity contribution in [3.8, 4) is 0 Å². The summed E-state index contributed by atoms with van der Waals surface area (Å²) in [6, 6.07) is 0. The first-order chi connectivity index (χ1) is 32.3. The molecule has 1 aliphatic heterocycles. The largest absolute Gasteiger partial charge is 0.400 e. The van der Waals surface area contributed by atoms with Gasteiger partial charge in [0, 0.05) is 33.5 Å². The van der Waals surface area contributed by atoms with E-state index in [1.165, 1.54) is 0 Å². The second-order valence-electron chi connectivity index (χ2n) is 10.7. The van der Waals surface area contributed by atoms with Gasteiger partial charge in [0.05, 0.1) is 71.8 Å². The number of hydrogen-bond acceptors (Lipinski definition) is 34. The molecule has 0 saturated carbocycles. The van der Waals surface area contributed by atoms with Crippen molar-refractivity contribution in [1.82, 2.24) is 30.0 Å². The first kappa shape index (κ1) is 80.1. The minimum absolute atomic E-state index is 0.250. The van der Waals surface area contributed by atoms with Crippen LogP contribution in [-0.4, -0.2) is 242 Å². The molecular weight excluding hydrogens is 924 g/mol. The highest BCUT2D eigenvalue weighted by Gasteiger charge is 2.43. The SMILES string of the molecule is CCO.CCn1cc(COCCOCCOCCn2cc(COCCCCCCCO[C@H]3O[C@@H](CO)C(O)C(O)C3O)nn2)nn1.CO.OO.OO.OO.OO.OO.OO.OOO.OOO. The number of nitrogens with zero attached hydrogens (tertiary/aromatic N) is 6. The van der Waals surface area contributed by atoms with Crippen molar-refractivity contribution in [2.24, 2.45) is 0 Å². The van der Waals surface area contributed by atoms with Gasteiger partial charge in [-0.15, -0.1) is 10.2 Å². The van der Waals surface area contributed by atoms with Gasteiger partial charge in [-0.2, -0.15) is 0 Å². The fourth-order valence-corrected chi connectivity index (χ4v) is 4.27. The topological polar surface area (TPSA) is 580 Å². The van der Waals surface area contributed by atoms with E-state index in [4.69, 9.17) is 123 Å². The molecule has 1 aliphatic rings. The highest BCUT2D eigenvalue weighted by atomic mass is 17.4. The quantitative estimate of drug-likeness (QED) is 0.0342. The maximum atomic E-state index is 9.97. The van der Waals surface area contributed by atoms with Crippen molar-refractivity contribution in [1.29, 1.82) is 0 Å². The smallest absolute Gasteiger partial charge is 0.186 e. The predicted octanol–water partition coefficient (Wildman–Crippen LogP) is -0.967. The number of rotatable bonds is 24. The van der Waals surface area contributed by atoms with E-state index >= 15 is 0 Å². The lowest BCUT2D eigenvalue weighted by Crippen LogP contribution is -2.59. The van der Waals surface area contributed by atoms with Gasteiger partial charge >= 0.3 is 0 Å². The zero-order valence-corrected chi connectivity index (χ0v) is 36.6. The third kappa shape index (κ3) is 52.1. The molecule has 0 amide bonds. The summed E-state index contributed by atoms with van der Waals surface area (Å²) in [7, 11) is 1.00. The number of aliphatic hydroxyl groups is 6. The van der Waals surface area contributed by atoms with Gasteiger partial charge in [0.2, 0.25) is 0 Å². The summed E-state index contributed by atoms with van der Waals surface area (Å²) in [4.78, 5) is 0. The Bertz CT molecular complexity index is 1050. The lowest BCUT2D eigenvalue weighted by atomic mass is 9.99.